The van der Waals surface area contributed by atoms with Crippen LogP contribution in [-0.2, 0) is 0 Å². The fourth-order valence-electron chi connectivity index (χ4n) is 3.75. The van der Waals surface area contributed by atoms with Gasteiger partial charge in [0.05, 0.1) is 21.7 Å². The zero-order valence-electron chi connectivity index (χ0n) is 17.8. The normalized spacial score (nSPS) is 11.3. The zero-order chi connectivity index (χ0) is 24.0. The van der Waals surface area contributed by atoms with Crippen LogP contribution in [0.15, 0.2) is 47.4 Å². The maximum atomic E-state index is 15.0. The molecule has 0 aliphatic carbocycles. The van der Waals surface area contributed by atoms with E-state index in [-0.39, 0.29) is 28.2 Å². The lowest BCUT2D eigenvalue weighted by Crippen LogP contribution is -2.25. The molecule has 33 heavy (non-hydrogen) atoms. The van der Waals surface area contributed by atoms with Gasteiger partial charge in [-0.2, -0.15) is 0 Å². The third-order valence-corrected chi connectivity index (χ3v) is 5.29. The van der Waals surface area contributed by atoms with Crippen LogP contribution in [0.5, 0.6) is 5.75 Å². The van der Waals surface area contributed by atoms with E-state index in [1.807, 2.05) is 13.8 Å². The molecule has 10 heteroatoms. The fourth-order valence-corrected chi connectivity index (χ4v) is 3.75. The van der Waals surface area contributed by atoms with Crippen LogP contribution in [0.3, 0.4) is 0 Å². The van der Waals surface area contributed by atoms with Crippen molar-refractivity contribution in [3.8, 4) is 22.7 Å². The van der Waals surface area contributed by atoms with Gasteiger partial charge in [0.15, 0.2) is 5.65 Å². The fraction of sp³-hybridized carbons (Fsp3) is 0.174. The van der Waals surface area contributed by atoms with Gasteiger partial charge in [-0.3, -0.25) is 24.5 Å². The number of aromatic hydroxyl groups is 1. The second-order valence-corrected chi connectivity index (χ2v) is 7.78. The Morgan fingerprint density at radius 3 is 2.48 bits per heavy atom. The average molecular weight is 452 g/mol. The summed E-state index contributed by atoms with van der Waals surface area (Å²) in [6, 6.07) is 7.78. The van der Waals surface area contributed by atoms with Crippen molar-refractivity contribution in [1.82, 2.24) is 14.5 Å². The van der Waals surface area contributed by atoms with E-state index < -0.39 is 39.2 Å². The minimum absolute atomic E-state index is 0.166. The third kappa shape index (κ3) is 3.49. The van der Waals surface area contributed by atoms with Crippen molar-refractivity contribution in [2.45, 2.75) is 26.7 Å². The number of aromatic nitrogens is 3. The summed E-state index contributed by atoms with van der Waals surface area (Å²) in [6.07, 6.45) is 1.54. The molecule has 1 N–H and O–H groups in total. The van der Waals surface area contributed by atoms with Gasteiger partial charge in [-0.15, -0.1) is 0 Å². The Morgan fingerprint density at radius 1 is 1.15 bits per heavy atom. The van der Waals surface area contributed by atoms with Crippen LogP contribution < -0.4 is 5.56 Å². The van der Waals surface area contributed by atoms with Crippen molar-refractivity contribution < 1.29 is 18.8 Å². The second-order valence-electron chi connectivity index (χ2n) is 7.78. The van der Waals surface area contributed by atoms with Crippen LogP contribution in [-0.4, -0.2) is 24.6 Å². The largest absolute Gasteiger partial charge is 0.501 e. The van der Waals surface area contributed by atoms with E-state index in [4.69, 9.17) is 0 Å². The van der Waals surface area contributed by atoms with Gasteiger partial charge >= 0.3 is 11.2 Å². The van der Waals surface area contributed by atoms with Crippen molar-refractivity contribution in [2.24, 2.45) is 0 Å². The van der Waals surface area contributed by atoms with Crippen molar-refractivity contribution in [1.29, 1.82) is 0 Å². The van der Waals surface area contributed by atoms with E-state index in [0.717, 1.165) is 16.7 Å². The molecule has 168 valence electrons. The number of halogens is 2. The lowest BCUT2D eigenvalue weighted by molar-refractivity contribution is -0.387. The summed E-state index contributed by atoms with van der Waals surface area (Å²) in [5.41, 5.74) is -1.91. The van der Waals surface area contributed by atoms with Crippen molar-refractivity contribution >= 4 is 16.7 Å². The summed E-state index contributed by atoms with van der Waals surface area (Å²) in [7, 11) is 0. The number of hydrogen-bond acceptors (Lipinski definition) is 6. The number of nitro groups is 1. The first kappa shape index (κ1) is 22.0. The highest BCUT2D eigenvalue weighted by molar-refractivity contribution is 5.89. The van der Waals surface area contributed by atoms with Crippen LogP contribution >= 0.6 is 0 Å². The first-order valence-corrected chi connectivity index (χ1v) is 9.96. The van der Waals surface area contributed by atoms with E-state index in [2.05, 4.69) is 9.97 Å². The Balaban J connectivity index is 2.26. The number of hydrogen-bond donors (Lipinski definition) is 1. The number of benzene rings is 1. The van der Waals surface area contributed by atoms with Crippen LogP contribution in [0.1, 0.15) is 31.0 Å². The predicted molar refractivity (Wildman–Crippen MR) is 118 cm³/mol. The standard InChI is InChI=1S/C23H18F2N4O4/c1-11(2)17-19(12(3)8-9-26-17)28-22-14(21(30)20(23(28)31)29(32)33)10-16(25)18(27-22)13-6-4-5-7-15(13)24/h4-11,30H,1-3H3. The van der Waals surface area contributed by atoms with Crippen molar-refractivity contribution in [3.63, 3.8) is 0 Å². The maximum Gasteiger partial charge on any atom is 0.376 e. The molecule has 1 aromatic carbocycles. The molecule has 0 aliphatic rings. The van der Waals surface area contributed by atoms with E-state index in [9.17, 15) is 24.4 Å². The highest BCUT2D eigenvalue weighted by atomic mass is 19.1. The molecule has 4 aromatic rings. The van der Waals surface area contributed by atoms with Gasteiger partial charge < -0.3 is 5.11 Å². The summed E-state index contributed by atoms with van der Waals surface area (Å²) < 4.78 is 30.4. The highest BCUT2D eigenvalue weighted by Crippen LogP contribution is 2.36. The Hall–Kier alpha value is -4.21. The summed E-state index contributed by atoms with van der Waals surface area (Å²) in [5, 5.41) is 21.8. The summed E-state index contributed by atoms with van der Waals surface area (Å²) in [5.74, 6) is -2.98. The lowest BCUT2D eigenvalue weighted by Gasteiger charge is -2.18. The molecule has 4 rings (SSSR count). The SMILES string of the molecule is Cc1ccnc(C(C)C)c1-n1c(=O)c([N+](=O)[O-])c(O)c2cc(F)c(-c3ccccc3F)nc21. The molecule has 0 atom stereocenters. The Labute approximate surface area is 185 Å². The van der Waals surface area contributed by atoms with Crippen LogP contribution in [0.4, 0.5) is 14.5 Å². The quantitative estimate of drug-likeness (QED) is 0.353. The smallest absolute Gasteiger partial charge is 0.376 e. The summed E-state index contributed by atoms with van der Waals surface area (Å²) in [4.78, 5) is 32.4. The molecule has 3 aromatic heterocycles. The monoisotopic (exact) mass is 452 g/mol. The van der Waals surface area contributed by atoms with Crippen molar-refractivity contribution in [3.05, 3.63) is 86.0 Å². The van der Waals surface area contributed by atoms with Crippen LogP contribution in [0.2, 0.25) is 0 Å². The van der Waals surface area contributed by atoms with E-state index >= 15 is 4.39 Å². The molecule has 0 amide bonds. The number of nitrogens with zero attached hydrogens (tertiary/aromatic N) is 4. The Kier molecular flexibility index (Phi) is 5.36. The third-order valence-electron chi connectivity index (χ3n) is 5.29. The summed E-state index contributed by atoms with van der Waals surface area (Å²) in [6.45, 7) is 5.33. The minimum atomic E-state index is -1.17. The topological polar surface area (TPSA) is 111 Å². The number of aryl methyl sites for hydroxylation is 1. The molecule has 0 spiro atoms. The average Bonchev–Trinajstić information content (AvgIpc) is 2.75. The maximum absolute atomic E-state index is 15.0. The molecule has 0 saturated carbocycles. The summed E-state index contributed by atoms with van der Waals surface area (Å²) >= 11 is 0. The van der Waals surface area contributed by atoms with Crippen molar-refractivity contribution in [2.75, 3.05) is 0 Å². The van der Waals surface area contributed by atoms with Gasteiger partial charge in [-0.25, -0.2) is 13.8 Å². The zero-order valence-corrected chi connectivity index (χ0v) is 17.8. The molecule has 8 nitrogen and oxygen atoms in total. The molecular weight excluding hydrogens is 434 g/mol. The molecular formula is C23H18F2N4O4. The molecule has 0 aliphatic heterocycles. The van der Waals surface area contributed by atoms with Crippen LogP contribution in [0.25, 0.3) is 28.0 Å². The second kappa shape index (κ2) is 8.05. The van der Waals surface area contributed by atoms with Gasteiger partial charge in [0, 0.05) is 11.8 Å². The van der Waals surface area contributed by atoms with E-state index in [1.54, 1.807) is 13.0 Å². The molecule has 0 bridgehead atoms. The van der Waals surface area contributed by atoms with Gasteiger partial charge in [-0.1, -0.05) is 26.0 Å². The Morgan fingerprint density at radius 2 is 1.85 bits per heavy atom. The lowest BCUT2D eigenvalue weighted by atomic mass is 10.0. The van der Waals surface area contributed by atoms with Gasteiger partial charge in [0.25, 0.3) is 0 Å². The van der Waals surface area contributed by atoms with E-state index in [0.29, 0.717) is 11.3 Å². The predicted octanol–water partition coefficient (Wildman–Crippen LogP) is 4.77. The van der Waals surface area contributed by atoms with Gasteiger partial charge in [0.2, 0.25) is 5.75 Å². The number of pyridine rings is 3. The number of fused-ring (bicyclic) bond motifs is 1. The van der Waals surface area contributed by atoms with E-state index in [1.165, 1.54) is 24.4 Å². The van der Waals surface area contributed by atoms with Gasteiger partial charge in [-0.05, 0) is 42.7 Å². The van der Waals surface area contributed by atoms with Crippen LogP contribution in [0, 0.1) is 28.7 Å². The number of rotatable bonds is 4. The van der Waals surface area contributed by atoms with Gasteiger partial charge in [0.1, 0.15) is 17.3 Å². The minimum Gasteiger partial charge on any atom is -0.501 e. The molecule has 0 radical (unpaired) electrons. The first-order chi connectivity index (χ1) is 15.6. The Bertz CT molecular complexity index is 1500. The molecule has 0 fully saturated rings. The molecule has 0 unspecified atom stereocenters. The first-order valence-electron chi connectivity index (χ1n) is 9.96. The molecule has 0 saturated heterocycles. The molecule has 3 heterocycles. The highest BCUT2D eigenvalue weighted by Gasteiger charge is 2.30.